The van der Waals surface area contributed by atoms with Gasteiger partial charge < -0.3 is 4.40 Å². The van der Waals surface area contributed by atoms with Gasteiger partial charge in [0.1, 0.15) is 11.3 Å². The van der Waals surface area contributed by atoms with Crippen LogP contribution in [-0.4, -0.2) is 24.6 Å². The molecule has 0 spiro atoms. The van der Waals surface area contributed by atoms with Crippen molar-refractivity contribution in [2.45, 2.75) is 27.2 Å². The smallest absolute Gasteiger partial charge is 0.136 e. The second-order valence-electron chi connectivity index (χ2n) is 5.99. The molecule has 0 unspecified atom stereocenters. The maximum Gasteiger partial charge on any atom is 0.136 e. The first kappa shape index (κ1) is 14.6. The van der Waals surface area contributed by atoms with Crippen molar-refractivity contribution in [1.29, 1.82) is 0 Å². The summed E-state index contributed by atoms with van der Waals surface area (Å²) < 4.78 is 2.11. The number of aromatic amines is 1. The summed E-state index contributed by atoms with van der Waals surface area (Å²) in [6.45, 7) is 6.19. The van der Waals surface area contributed by atoms with E-state index in [4.69, 9.17) is 0 Å². The van der Waals surface area contributed by atoms with Crippen LogP contribution < -0.4 is 0 Å². The zero-order chi connectivity index (χ0) is 16.7. The Morgan fingerprint density at radius 2 is 2.00 bits per heavy atom. The van der Waals surface area contributed by atoms with Gasteiger partial charge in [-0.2, -0.15) is 5.10 Å². The Morgan fingerprint density at radius 3 is 2.79 bits per heavy atom. The number of fused-ring (bicyclic) bond motifs is 1. The highest BCUT2D eigenvalue weighted by Gasteiger charge is 2.17. The van der Waals surface area contributed by atoms with Crippen LogP contribution in [0.4, 0.5) is 0 Å². The van der Waals surface area contributed by atoms with Crippen LogP contribution in [0.25, 0.3) is 28.2 Å². The van der Waals surface area contributed by atoms with E-state index in [0.29, 0.717) is 0 Å². The Kier molecular flexibility index (Phi) is 3.41. The zero-order valence-electron chi connectivity index (χ0n) is 14.0. The lowest BCUT2D eigenvalue weighted by atomic mass is 10.0. The van der Waals surface area contributed by atoms with Crippen LogP contribution in [0.3, 0.4) is 0 Å². The van der Waals surface area contributed by atoms with E-state index in [1.54, 1.807) is 0 Å². The second-order valence-corrected chi connectivity index (χ2v) is 5.99. The predicted octanol–water partition coefficient (Wildman–Crippen LogP) is 3.97. The molecule has 4 heterocycles. The van der Waals surface area contributed by atoms with Crippen molar-refractivity contribution in [3.05, 3.63) is 59.8 Å². The molecular formula is C19H19N5. The maximum absolute atomic E-state index is 4.65. The Hall–Kier alpha value is -2.95. The molecule has 0 saturated heterocycles. The lowest BCUT2D eigenvalue weighted by molar-refractivity contribution is 0.975. The molecule has 0 aliphatic heterocycles. The molecule has 0 aromatic carbocycles. The third kappa shape index (κ3) is 2.29. The van der Waals surface area contributed by atoms with E-state index in [-0.39, 0.29) is 0 Å². The van der Waals surface area contributed by atoms with Crippen molar-refractivity contribution >= 4 is 5.65 Å². The number of H-pyrrole nitrogens is 1. The topological polar surface area (TPSA) is 58.9 Å². The number of imidazole rings is 1. The molecule has 0 saturated carbocycles. The highest BCUT2D eigenvalue weighted by atomic mass is 15.1. The average Bonchev–Trinajstić information content (AvgIpc) is 3.18. The third-order valence-corrected chi connectivity index (χ3v) is 4.31. The number of hydrogen-bond acceptors (Lipinski definition) is 3. The van der Waals surface area contributed by atoms with Gasteiger partial charge >= 0.3 is 0 Å². The van der Waals surface area contributed by atoms with Crippen LogP contribution in [0.15, 0.2) is 42.7 Å². The molecule has 120 valence electrons. The van der Waals surface area contributed by atoms with Gasteiger partial charge in [-0.3, -0.25) is 10.1 Å². The molecule has 0 aliphatic carbocycles. The number of hydrogen-bond donors (Lipinski definition) is 1. The van der Waals surface area contributed by atoms with Gasteiger partial charge in [0.05, 0.1) is 5.69 Å². The van der Waals surface area contributed by atoms with E-state index in [1.165, 1.54) is 0 Å². The Morgan fingerprint density at radius 1 is 1.12 bits per heavy atom. The minimum Gasteiger partial charge on any atom is -0.304 e. The van der Waals surface area contributed by atoms with Gasteiger partial charge in [-0.1, -0.05) is 13.0 Å². The van der Waals surface area contributed by atoms with E-state index in [0.717, 1.165) is 51.7 Å². The summed E-state index contributed by atoms with van der Waals surface area (Å²) in [7, 11) is 0. The van der Waals surface area contributed by atoms with Crippen LogP contribution in [0.1, 0.15) is 24.0 Å². The van der Waals surface area contributed by atoms with Crippen molar-refractivity contribution in [3.8, 4) is 22.5 Å². The van der Waals surface area contributed by atoms with Crippen molar-refractivity contribution < 1.29 is 0 Å². The largest absolute Gasteiger partial charge is 0.304 e. The number of aromatic nitrogens is 5. The first-order valence-corrected chi connectivity index (χ1v) is 8.12. The van der Waals surface area contributed by atoms with E-state index in [9.17, 15) is 0 Å². The summed E-state index contributed by atoms with van der Waals surface area (Å²) in [5.74, 6) is 0. The molecule has 0 amide bonds. The van der Waals surface area contributed by atoms with Gasteiger partial charge in [0.2, 0.25) is 0 Å². The fraction of sp³-hybridized carbons (Fsp3) is 0.211. The monoisotopic (exact) mass is 317 g/mol. The molecule has 0 bridgehead atoms. The lowest BCUT2D eigenvalue weighted by Gasteiger charge is -2.07. The van der Waals surface area contributed by atoms with Crippen LogP contribution in [0.2, 0.25) is 0 Å². The average molecular weight is 317 g/mol. The number of nitrogens with zero attached hydrogens (tertiary/aromatic N) is 4. The number of pyridine rings is 2. The molecule has 4 aromatic rings. The molecule has 0 atom stereocenters. The van der Waals surface area contributed by atoms with Crippen molar-refractivity contribution in [2.75, 3.05) is 0 Å². The normalized spacial score (nSPS) is 11.3. The van der Waals surface area contributed by atoms with E-state index < -0.39 is 0 Å². The third-order valence-electron chi connectivity index (χ3n) is 4.31. The Bertz CT molecular complexity index is 1030. The van der Waals surface area contributed by atoms with E-state index in [1.807, 2.05) is 37.4 Å². The SMILES string of the molecule is CCc1[nH]nc(-c2cccc(C)n2)c1-c1ccc2ncc(C)n2c1. The van der Waals surface area contributed by atoms with Crippen molar-refractivity contribution in [2.24, 2.45) is 0 Å². The van der Waals surface area contributed by atoms with E-state index in [2.05, 4.69) is 50.7 Å². The quantitative estimate of drug-likeness (QED) is 0.622. The summed E-state index contributed by atoms with van der Waals surface area (Å²) in [5, 5.41) is 7.73. The molecule has 4 rings (SSSR count). The van der Waals surface area contributed by atoms with Crippen LogP contribution in [0.5, 0.6) is 0 Å². The van der Waals surface area contributed by atoms with Crippen LogP contribution in [-0.2, 0) is 6.42 Å². The zero-order valence-corrected chi connectivity index (χ0v) is 14.0. The Labute approximate surface area is 140 Å². The number of rotatable bonds is 3. The molecule has 0 radical (unpaired) electrons. The van der Waals surface area contributed by atoms with Gasteiger partial charge in [0.15, 0.2) is 0 Å². The molecule has 24 heavy (non-hydrogen) atoms. The van der Waals surface area contributed by atoms with Crippen molar-refractivity contribution in [3.63, 3.8) is 0 Å². The molecule has 0 aliphatic rings. The number of nitrogens with one attached hydrogen (secondary N) is 1. The van der Waals surface area contributed by atoms with Gasteiger partial charge in [-0.05, 0) is 44.5 Å². The minimum absolute atomic E-state index is 0.884. The fourth-order valence-electron chi connectivity index (χ4n) is 3.06. The standard InChI is InChI=1S/C19H19N5/c1-4-15-18(14-8-9-17-20-10-13(3)24(17)11-14)19(23-22-15)16-7-5-6-12(2)21-16/h5-11H,4H2,1-3H3,(H,22,23). The van der Waals surface area contributed by atoms with E-state index >= 15 is 0 Å². The summed E-state index contributed by atoms with van der Waals surface area (Å²) in [5.41, 5.74) is 8.19. The predicted molar refractivity (Wildman–Crippen MR) is 94.9 cm³/mol. The molecule has 0 fully saturated rings. The molecule has 1 N–H and O–H groups in total. The van der Waals surface area contributed by atoms with Gasteiger partial charge in [-0.25, -0.2) is 4.98 Å². The van der Waals surface area contributed by atoms with Gasteiger partial charge in [0, 0.05) is 40.6 Å². The molecule has 5 nitrogen and oxygen atoms in total. The Balaban J connectivity index is 1.95. The van der Waals surface area contributed by atoms with Crippen LogP contribution >= 0.6 is 0 Å². The highest BCUT2D eigenvalue weighted by Crippen LogP contribution is 2.33. The first-order chi connectivity index (χ1) is 11.7. The fourth-order valence-corrected chi connectivity index (χ4v) is 3.06. The summed E-state index contributed by atoms with van der Waals surface area (Å²) in [6, 6.07) is 10.2. The van der Waals surface area contributed by atoms with Gasteiger partial charge in [0.25, 0.3) is 0 Å². The summed E-state index contributed by atoms with van der Waals surface area (Å²) in [4.78, 5) is 9.05. The minimum atomic E-state index is 0.884. The summed E-state index contributed by atoms with van der Waals surface area (Å²) in [6.07, 6.45) is 4.90. The molecular weight excluding hydrogens is 298 g/mol. The summed E-state index contributed by atoms with van der Waals surface area (Å²) >= 11 is 0. The lowest BCUT2D eigenvalue weighted by Crippen LogP contribution is -1.93. The van der Waals surface area contributed by atoms with Crippen molar-refractivity contribution in [1.82, 2.24) is 24.6 Å². The first-order valence-electron chi connectivity index (χ1n) is 8.12. The maximum atomic E-state index is 4.65. The second kappa shape index (κ2) is 5.60. The molecule has 5 heteroatoms. The highest BCUT2D eigenvalue weighted by molar-refractivity contribution is 5.81. The van der Waals surface area contributed by atoms with Crippen LogP contribution in [0, 0.1) is 13.8 Å². The molecule has 4 aromatic heterocycles. The number of aryl methyl sites for hydroxylation is 3. The van der Waals surface area contributed by atoms with Gasteiger partial charge in [-0.15, -0.1) is 0 Å².